The molecule has 1 unspecified atom stereocenters. The minimum atomic E-state index is -0.246. The van der Waals surface area contributed by atoms with E-state index in [0.717, 1.165) is 38.0 Å². The van der Waals surface area contributed by atoms with Gasteiger partial charge < -0.3 is 10.4 Å². The van der Waals surface area contributed by atoms with Crippen molar-refractivity contribution >= 4 is 125 Å². The van der Waals surface area contributed by atoms with Crippen LogP contribution >= 0.6 is 113 Å². The van der Waals surface area contributed by atoms with Crippen molar-refractivity contribution in [3.8, 4) is 6.07 Å². The van der Waals surface area contributed by atoms with Crippen molar-refractivity contribution in [1.82, 2.24) is 4.90 Å². The van der Waals surface area contributed by atoms with E-state index in [1.807, 2.05) is 6.07 Å². The molecular weight excluding hydrogens is 985 g/mol. The Morgan fingerprint density at radius 1 is 1.15 bits per heavy atom. The van der Waals surface area contributed by atoms with Crippen molar-refractivity contribution in [2.75, 3.05) is 18.4 Å². The van der Waals surface area contributed by atoms with Gasteiger partial charge in [-0.25, -0.2) is 0 Å². The maximum Gasteiger partial charge on any atom is 0.257 e. The molecule has 1 aliphatic heterocycles. The summed E-state index contributed by atoms with van der Waals surface area (Å²) in [5, 5.41) is 22.5. The molecular formula is C23H22I5N3O2. The molecule has 2 aromatic carbocycles. The summed E-state index contributed by atoms with van der Waals surface area (Å²) >= 11 is 11.5. The van der Waals surface area contributed by atoms with Crippen LogP contribution in [0.25, 0.3) is 0 Å². The zero-order valence-corrected chi connectivity index (χ0v) is 28.7. The van der Waals surface area contributed by atoms with Gasteiger partial charge in [0.05, 0.1) is 23.3 Å². The van der Waals surface area contributed by atoms with Crippen LogP contribution in [0, 0.1) is 30.3 Å². The van der Waals surface area contributed by atoms with Gasteiger partial charge in [0, 0.05) is 32.5 Å². The summed E-state index contributed by atoms with van der Waals surface area (Å²) in [6.07, 6.45) is -0.246. The molecule has 1 aliphatic rings. The van der Waals surface area contributed by atoms with Gasteiger partial charge in [-0.15, -0.1) is 0 Å². The topological polar surface area (TPSA) is 76.4 Å². The number of anilines is 1. The lowest BCUT2D eigenvalue weighted by Crippen LogP contribution is -2.47. The molecule has 1 heterocycles. The number of alkyl halides is 3. The minimum absolute atomic E-state index is 0.173. The summed E-state index contributed by atoms with van der Waals surface area (Å²) in [6, 6.07) is 11.7. The number of aliphatic hydroxyl groups is 1. The van der Waals surface area contributed by atoms with Crippen molar-refractivity contribution in [3.63, 3.8) is 0 Å². The molecule has 0 aliphatic carbocycles. The number of benzene rings is 2. The Morgan fingerprint density at radius 2 is 1.73 bits per heavy atom. The van der Waals surface area contributed by atoms with Crippen LogP contribution in [0.3, 0.4) is 0 Å². The molecule has 10 heteroatoms. The number of likely N-dealkylation sites (tertiary alicyclic amines) is 1. The minimum Gasteiger partial charge on any atom is -0.392 e. The van der Waals surface area contributed by atoms with E-state index in [1.165, 1.54) is 5.56 Å². The molecule has 1 saturated heterocycles. The fourth-order valence-corrected chi connectivity index (χ4v) is 7.90. The van der Waals surface area contributed by atoms with E-state index in [9.17, 15) is 9.90 Å². The highest BCUT2D eigenvalue weighted by Gasteiger charge is 2.32. The van der Waals surface area contributed by atoms with Gasteiger partial charge in [-0.3, -0.25) is 9.69 Å². The highest BCUT2D eigenvalue weighted by molar-refractivity contribution is 14.3. The summed E-state index contributed by atoms with van der Waals surface area (Å²) in [5.41, 5.74) is 4.27. The summed E-state index contributed by atoms with van der Waals surface area (Å²) in [6.45, 7) is 6.77. The zero-order valence-electron chi connectivity index (χ0n) is 17.9. The third kappa shape index (κ3) is 7.27. The smallest absolute Gasteiger partial charge is 0.257 e. The van der Waals surface area contributed by atoms with Crippen LogP contribution < -0.4 is 5.32 Å². The van der Waals surface area contributed by atoms with Gasteiger partial charge in [0.1, 0.15) is -0.565 Å². The molecule has 2 aromatic rings. The van der Waals surface area contributed by atoms with E-state index in [1.54, 1.807) is 12.1 Å². The molecule has 3 rings (SSSR count). The second kappa shape index (κ2) is 12.0. The Kier molecular flexibility index (Phi) is 10.4. The Morgan fingerprint density at radius 3 is 2.24 bits per heavy atom. The molecule has 0 spiro atoms. The first-order valence-electron chi connectivity index (χ1n) is 10.2. The van der Waals surface area contributed by atoms with Crippen LogP contribution in [0.5, 0.6) is 0 Å². The van der Waals surface area contributed by atoms with Gasteiger partial charge in [-0.1, -0.05) is 19.9 Å². The van der Waals surface area contributed by atoms with E-state index in [2.05, 4.69) is 155 Å². The van der Waals surface area contributed by atoms with Crippen LogP contribution in [0.1, 0.15) is 40.9 Å². The van der Waals surface area contributed by atoms with E-state index >= 15 is 0 Å². The molecule has 1 fully saturated rings. The molecule has 3 atom stereocenters. The fourth-order valence-electron chi connectivity index (χ4n) is 4.14. The van der Waals surface area contributed by atoms with E-state index < -0.39 is 0 Å². The predicted octanol–water partition coefficient (Wildman–Crippen LogP) is 6.88. The molecule has 33 heavy (non-hydrogen) atoms. The molecule has 0 radical (unpaired) electrons. The summed E-state index contributed by atoms with van der Waals surface area (Å²) in [4.78, 5) is 15.5. The summed E-state index contributed by atoms with van der Waals surface area (Å²) in [5.74, 6) is 0.314. The van der Waals surface area contributed by atoms with E-state index in [4.69, 9.17) is 5.26 Å². The number of nitriles is 1. The Balaban J connectivity index is 1.86. The largest absolute Gasteiger partial charge is 0.392 e. The van der Waals surface area contributed by atoms with Crippen molar-refractivity contribution in [2.45, 2.75) is 25.9 Å². The fraction of sp³-hybridized carbons (Fsp3) is 0.391. The van der Waals surface area contributed by atoms with Crippen LogP contribution in [0.2, 0.25) is 0 Å². The standard InChI is InChI=1S/C23H22I5N3O2/c1-12-9-31(10-13(2)21(12)32)11-15-3-4-16(7-17(15)23(26,27)28)30-22(33)20-18(24)5-14(8-29)6-19(20)25/h3-7,12-13,21,32H,9-11H2,1-2H3,(H,30,33)/t12-,13+,21?. The molecule has 0 bridgehead atoms. The Labute approximate surface area is 262 Å². The number of nitrogens with zero attached hydrogens (tertiary/aromatic N) is 2. The van der Waals surface area contributed by atoms with Crippen LogP contribution in [0.4, 0.5) is 5.69 Å². The number of nitrogens with one attached hydrogen (secondary N) is 1. The monoisotopic (exact) mass is 1010 g/mol. The Hall–Kier alpha value is 0.970. The number of rotatable bonds is 5. The van der Waals surface area contributed by atoms with E-state index in [-0.39, 0.29) is 23.3 Å². The quantitative estimate of drug-likeness (QED) is 0.253. The number of hydrogen-bond donors (Lipinski definition) is 2. The number of carbonyl (C=O) groups is 1. The van der Waals surface area contributed by atoms with Crippen LogP contribution in [-0.2, 0) is 5.98 Å². The lowest BCUT2D eigenvalue weighted by molar-refractivity contribution is -0.0107. The molecule has 1 amide bonds. The van der Waals surface area contributed by atoms with Gasteiger partial charge in [-0.2, -0.15) is 5.26 Å². The van der Waals surface area contributed by atoms with Gasteiger partial charge in [0.2, 0.25) is 0 Å². The first-order chi connectivity index (χ1) is 15.4. The van der Waals surface area contributed by atoms with Gasteiger partial charge in [0.15, 0.2) is 0 Å². The van der Waals surface area contributed by atoms with Gasteiger partial charge in [-0.05, 0) is 160 Å². The molecule has 0 saturated carbocycles. The zero-order chi connectivity index (χ0) is 24.5. The van der Waals surface area contributed by atoms with Crippen molar-refractivity contribution in [2.24, 2.45) is 11.8 Å². The highest BCUT2D eigenvalue weighted by Crippen LogP contribution is 2.48. The number of aliphatic hydroxyl groups excluding tert-OH is 1. The summed E-state index contributed by atoms with van der Waals surface area (Å²) in [7, 11) is 0. The lowest BCUT2D eigenvalue weighted by Gasteiger charge is -2.39. The van der Waals surface area contributed by atoms with Gasteiger partial charge >= 0.3 is 0 Å². The molecule has 2 N–H and O–H groups in total. The third-order valence-electron chi connectivity index (χ3n) is 5.72. The maximum atomic E-state index is 13.1. The highest BCUT2D eigenvalue weighted by atomic mass is 127. The van der Waals surface area contributed by atoms with Gasteiger partial charge in [0.25, 0.3) is 5.91 Å². The third-order valence-corrected chi connectivity index (χ3v) is 9.17. The normalized spacial score (nSPS) is 21.5. The average Bonchev–Trinajstić information content (AvgIpc) is 2.71. The number of piperidine rings is 1. The molecule has 5 nitrogen and oxygen atoms in total. The van der Waals surface area contributed by atoms with Crippen molar-refractivity contribution < 1.29 is 9.90 Å². The SMILES string of the molecule is C[C@@H]1CN(Cc2ccc(NC(=O)c3c(I)cc(C#N)cc3I)cc2C(I)(I)I)C[C@H](C)C1O. The Bertz CT molecular complexity index is 1060. The first-order valence-corrected chi connectivity index (χ1v) is 15.6. The lowest BCUT2D eigenvalue weighted by atomic mass is 9.88. The average molecular weight is 1010 g/mol. The number of halogens is 5. The maximum absolute atomic E-state index is 13.1. The van der Waals surface area contributed by atoms with Crippen molar-refractivity contribution in [3.05, 3.63) is 59.7 Å². The number of hydrogen-bond acceptors (Lipinski definition) is 4. The van der Waals surface area contributed by atoms with Crippen LogP contribution in [0.15, 0.2) is 30.3 Å². The number of carbonyl (C=O) groups excluding carboxylic acids is 1. The molecule has 176 valence electrons. The molecule has 0 aromatic heterocycles. The second-order valence-electron chi connectivity index (χ2n) is 8.39. The second-order valence-corrected chi connectivity index (χ2v) is 21.8. The van der Waals surface area contributed by atoms with E-state index in [0.29, 0.717) is 11.1 Å². The summed E-state index contributed by atoms with van der Waals surface area (Å²) < 4.78 is 1.34. The van der Waals surface area contributed by atoms with Crippen LogP contribution in [-0.4, -0.2) is 35.1 Å². The van der Waals surface area contributed by atoms with Crippen molar-refractivity contribution in [1.29, 1.82) is 5.26 Å². The predicted molar refractivity (Wildman–Crippen MR) is 174 cm³/mol. The first kappa shape index (κ1) is 28.5. The number of amides is 1.